The largest absolute Gasteiger partial charge is 0.307 e. The molecule has 2 heterocycles. The number of para-hydroxylation sites is 1. The molecule has 5 nitrogen and oxygen atoms in total. The number of hydrogen-bond acceptors (Lipinski definition) is 4. The molecule has 0 N–H and O–H groups in total. The smallest absolute Gasteiger partial charge is 0.247 e. The maximum atomic E-state index is 14.1. The molecule has 31 heavy (non-hydrogen) atoms. The van der Waals surface area contributed by atoms with Crippen LogP contribution in [0.3, 0.4) is 0 Å². The Morgan fingerprint density at radius 2 is 1.87 bits per heavy atom. The maximum absolute atomic E-state index is 14.1. The summed E-state index contributed by atoms with van der Waals surface area (Å²) < 4.78 is 15.9. The molecule has 0 aliphatic heterocycles. The van der Waals surface area contributed by atoms with Crippen LogP contribution in [0.2, 0.25) is 0 Å². The van der Waals surface area contributed by atoms with Gasteiger partial charge in [-0.1, -0.05) is 54.2 Å². The number of thioether (sulfide) groups is 1. The molecule has 0 spiro atoms. The molecule has 0 radical (unpaired) electrons. The fourth-order valence-corrected chi connectivity index (χ4v) is 4.25. The number of nitrogens with zero attached hydrogens (tertiary/aromatic N) is 4. The molecule has 4 aromatic rings. The monoisotopic (exact) mass is 432 g/mol. The molecule has 156 valence electrons. The van der Waals surface area contributed by atoms with Crippen molar-refractivity contribution in [1.82, 2.24) is 14.5 Å². The number of carbonyl (C=O) groups excluding carboxylic acids is 1. The highest BCUT2D eigenvalue weighted by Crippen LogP contribution is 2.27. The average molecular weight is 433 g/mol. The highest BCUT2D eigenvalue weighted by molar-refractivity contribution is 7.98. The van der Waals surface area contributed by atoms with Crippen molar-refractivity contribution >= 4 is 34.5 Å². The summed E-state index contributed by atoms with van der Waals surface area (Å²) in [7, 11) is 0. The van der Waals surface area contributed by atoms with Crippen molar-refractivity contribution in [2.75, 3.05) is 11.4 Å². The first kappa shape index (κ1) is 20.8. The van der Waals surface area contributed by atoms with Crippen LogP contribution in [-0.4, -0.2) is 27.0 Å². The predicted octanol–water partition coefficient (Wildman–Crippen LogP) is 5.08. The zero-order chi connectivity index (χ0) is 21.6. The highest BCUT2D eigenvalue weighted by Gasteiger charge is 2.20. The normalized spacial score (nSPS) is 10.9. The van der Waals surface area contributed by atoms with Crippen LogP contribution < -0.4 is 4.90 Å². The average Bonchev–Trinajstić information content (AvgIpc) is 3.14. The Morgan fingerprint density at radius 3 is 2.65 bits per heavy atom. The van der Waals surface area contributed by atoms with Gasteiger partial charge in [0.15, 0.2) is 10.8 Å². The molecular weight excluding hydrogens is 411 g/mol. The lowest BCUT2D eigenvalue weighted by atomic mass is 10.2. The fraction of sp³-hybridized carbons (Fsp3) is 0.125. The Morgan fingerprint density at radius 1 is 1.10 bits per heavy atom. The van der Waals surface area contributed by atoms with Gasteiger partial charge < -0.3 is 4.90 Å². The number of benzene rings is 2. The van der Waals surface area contributed by atoms with Crippen LogP contribution in [0.25, 0.3) is 11.2 Å². The Labute approximate surface area is 184 Å². The van der Waals surface area contributed by atoms with E-state index in [2.05, 4.69) is 16.5 Å². The number of imidazole rings is 1. The molecule has 0 saturated carbocycles. The number of anilines is 1. The third-order valence-corrected chi connectivity index (χ3v) is 5.78. The summed E-state index contributed by atoms with van der Waals surface area (Å²) in [5.41, 5.74) is 2.70. The molecule has 2 aromatic carbocycles. The van der Waals surface area contributed by atoms with Crippen LogP contribution in [0.5, 0.6) is 0 Å². The minimum atomic E-state index is -0.256. The molecular formula is C24H21FN4OS. The van der Waals surface area contributed by atoms with E-state index >= 15 is 0 Å². The van der Waals surface area contributed by atoms with Gasteiger partial charge in [0.05, 0.1) is 0 Å². The van der Waals surface area contributed by atoms with Gasteiger partial charge in [-0.05, 0) is 35.9 Å². The number of amides is 1. The standard InChI is InChI=1S/C24H21FN4OS/c1-2-15-28(19-10-4-3-5-11-19)22(30)16-29-23-21(13-8-14-26-23)27-24(29)31-17-18-9-6-7-12-20(18)25/h2-14H,1,15-17H2. The molecule has 0 fully saturated rings. The minimum Gasteiger partial charge on any atom is -0.307 e. The summed E-state index contributed by atoms with van der Waals surface area (Å²) in [6, 6.07) is 19.8. The number of halogens is 1. The van der Waals surface area contributed by atoms with E-state index in [0.29, 0.717) is 34.2 Å². The van der Waals surface area contributed by atoms with Gasteiger partial charge in [-0.2, -0.15) is 0 Å². The summed E-state index contributed by atoms with van der Waals surface area (Å²) in [5, 5.41) is 0.622. The van der Waals surface area contributed by atoms with Crippen molar-refractivity contribution in [2.45, 2.75) is 17.5 Å². The van der Waals surface area contributed by atoms with E-state index in [0.717, 1.165) is 5.69 Å². The molecule has 0 unspecified atom stereocenters. The number of hydrogen-bond donors (Lipinski definition) is 0. The molecule has 0 aliphatic carbocycles. The van der Waals surface area contributed by atoms with E-state index in [4.69, 9.17) is 0 Å². The lowest BCUT2D eigenvalue weighted by Crippen LogP contribution is -2.34. The molecule has 0 atom stereocenters. The Balaban J connectivity index is 1.64. The number of carbonyl (C=O) groups is 1. The lowest BCUT2D eigenvalue weighted by molar-refractivity contribution is -0.119. The fourth-order valence-electron chi connectivity index (χ4n) is 3.26. The van der Waals surface area contributed by atoms with Gasteiger partial charge in [-0.3, -0.25) is 9.36 Å². The third kappa shape index (κ3) is 4.67. The second-order valence-electron chi connectivity index (χ2n) is 6.84. The van der Waals surface area contributed by atoms with Crippen molar-refractivity contribution in [3.63, 3.8) is 0 Å². The lowest BCUT2D eigenvalue weighted by Gasteiger charge is -2.22. The van der Waals surface area contributed by atoms with Crippen LogP contribution in [-0.2, 0) is 17.1 Å². The first-order chi connectivity index (χ1) is 15.2. The quantitative estimate of drug-likeness (QED) is 0.288. The topological polar surface area (TPSA) is 51.0 Å². The van der Waals surface area contributed by atoms with Crippen LogP contribution in [0.1, 0.15) is 5.56 Å². The number of fused-ring (bicyclic) bond motifs is 1. The van der Waals surface area contributed by atoms with Crippen LogP contribution >= 0.6 is 11.8 Å². The van der Waals surface area contributed by atoms with Gasteiger partial charge in [0, 0.05) is 24.2 Å². The molecule has 0 bridgehead atoms. The predicted molar refractivity (Wildman–Crippen MR) is 122 cm³/mol. The molecule has 0 aliphatic rings. The van der Waals surface area contributed by atoms with Gasteiger partial charge >= 0.3 is 0 Å². The Kier molecular flexibility index (Phi) is 6.43. The first-order valence-electron chi connectivity index (χ1n) is 9.81. The number of rotatable bonds is 8. The second kappa shape index (κ2) is 9.57. The van der Waals surface area contributed by atoms with E-state index < -0.39 is 0 Å². The highest BCUT2D eigenvalue weighted by atomic mass is 32.2. The van der Waals surface area contributed by atoms with E-state index in [1.807, 2.05) is 36.4 Å². The van der Waals surface area contributed by atoms with Crippen LogP contribution in [0.4, 0.5) is 10.1 Å². The summed E-state index contributed by atoms with van der Waals surface area (Å²) in [4.78, 5) is 24.0. The summed E-state index contributed by atoms with van der Waals surface area (Å²) in [6.07, 6.45) is 3.37. The second-order valence-corrected chi connectivity index (χ2v) is 7.78. The van der Waals surface area contributed by atoms with Gasteiger partial charge in [0.2, 0.25) is 5.91 Å². The minimum absolute atomic E-state index is 0.0653. The molecule has 2 aromatic heterocycles. The van der Waals surface area contributed by atoms with E-state index in [9.17, 15) is 9.18 Å². The van der Waals surface area contributed by atoms with Gasteiger partial charge in [-0.25, -0.2) is 14.4 Å². The summed E-state index contributed by atoms with van der Waals surface area (Å²) in [5.74, 6) is 0.0380. The van der Waals surface area contributed by atoms with E-state index in [-0.39, 0.29) is 18.3 Å². The van der Waals surface area contributed by atoms with Gasteiger partial charge in [0.1, 0.15) is 17.9 Å². The maximum Gasteiger partial charge on any atom is 0.247 e. The molecule has 4 rings (SSSR count). The van der Waals surface area contributed by atoms with Crippen molar-refractivity contribution in [2.24, 2.45) is 0 Å². The van der Waals surface area contributed by atoms with Crippen molar-refractivity contribution in [3.05, 3.63) is 97.0 Å². The Hall–Kier alpha value is -3.45. The molecule has 7 heteroatoms. The van der Waals surface area contributed by atoms with Gasteiger partial charge in [0.25, 0.3) is 0 Å². The van der Waals surface area contributed by atoms with Crippen molar-refractivity contribution in [1.29, 1.82) is 0 Å². The van der Waals surface area contributed by atoms with Crippen LogP contribution in [0.15, 0.2) is 90.7 Å². The van der Waals surface area contributed by atoms with Crippen molar-refractivity contribution in [3.8, 4) is 0 Å². The summed E-state index contributed by atoms with van der Waals surface area (Å²) in [6.45, 7) is 4.23. The molecule has 1 amide bonds. The molecule has 0 saturated heterocycles. The van der Waals surface area contributed by atoms with Crippen molar-refractivity contribution < 1.29 is 9.18 Å². The van der Waals surface area contributed by atoms with Gasteiger partial charge in [-0.15, -0.1) is 6.58 Å². The zero-order valence-corrected chi connectivity index (χ0v) is 17.6. The Bertz CT molecular complexity index is 1210. The van der Waals surface area contributed by atoms with E-state index in [1.54, 1.807) is 46.0 Å². The first-order valence-corrected chi connectivity index (χ1v) is 10.8. The van der Waals surface area contributed by atoms with Crippen LogP contribution in [0, 0.1) is 5.82 Å². The number of pyridine rings is 1. The van der Waals surface area contributed by atoms with E-state index in [1.165, 1.54) is 17.8 Å². The zero-order valence-electron chi connectivity index (χ0n) is 16.8. The number of aromatic nitrogens is 3. The summed E-state index contributed by atoms with van der Waals surface area (Å²) >= 11 is 1.38. The third-order valence-electron chi connectivity index (χ3n) is 4.76. The SMILES string of the molecule is C=CCN(C(=O)Cn1c(SCc2ccccc2F)nc2cccnc21)c1ccccc1.